The third-order valence-electron chi connectivity index (χ3n) is 3.33. The van der Waals surface area contributed by atoms with Gasteiger partial charge in [0.2, 0.25) is 5.91 Å². The van der Waals surface area contributed by atoms with E-state index in [0.717, 1.165) is 23.7 Å². The summed E-state index contributed by atoms with van der Waals surface area (Å²) in [6.45, 7) is 0.110. The van der Waals surface area contributed by atoms with E-state index in [2.05, 4.69) is 0 Å². The van der Waals surface area contributed by atoms with Gasteiger partial charge < -0.3 is 10.3 Å². The van der Waals surface area contributed by atoms with Gasteiger partial charge >= 0.3 is 0 Å². The highest BCUT2D eigenvalue weighted by Crippen LogP contribution is 2.35. The van der Waals surface area contributed by atoms with Crippen LogP contribution in [0.3, 0.4) is 0 Å². The second kappa shape index (κ2) is 3.98. The van der Waals surface area contributed by atoms with Gasteiger partial charge in [-0.2, -0.15) is 0 Å². The van der Waals surface area contributed by atoms with Crippen molar-refractivity contribution >= 4 is 22.6 Å². The quantitative estimate of drug-likeness (QED) is 0.829. The van der Waals surface area contributed by atoms with E-state index in [1.165, 1.54) is 0 Å². The molecule has 4 heteroatoms. The van der Waals surface area contributed by atoms with Crippen molar-refractivity contribution in [2.24, 2.45) is 11.7 Å². The van der Waals surface area contributed by atoms with Crippen LogP contribution in [0.25, 0.3) is 10.9 Å². The molecular weight excluding hydrogens is 228 g/mol. The average molecular weight is 242 g/mol. The number of hydrogen-bond acceptors (Lipinski definition) is 2. The normalized spacial score (nSPS) is 14.9. The van der Waals surface area contributed by atoms with Crippen LogP contribution in [0.15, 0.2) is 30.5 Å². The minimum atomic E-state index is -0.402. The molecule has 1 fully saturated rings. The van der Waals surface area contributed by atoms with Crippen molar-refractivity contribution in [3.63, 3.8) is 0 Å². The Morgan fingerprint density at radius 1 is 1.28 bits per heavy atom. The number of carbonyl (C=O) groups excluding carboxylic acids is 2. The van der Waals surface area contributed by atoms with Gasteiger partial charge in [0, 0.05) is 28.6 Å². The molecule has 2 N–H and O–H groups in total. The Morgan fingerprint density at radius 2 is 2.00 bits per heavy atom. The Bertz CT molecular complexity index is 638. The monoisotopic (exact) mass is 242 g/mol. The van der Waals surface area contributed by atoms with Gasteiger partial charge in [-0.05, 0) is 18.9 Å². The minimum absolute atomic E-state index is 0.110. The highest BCUT2D eigenvalue weighted by Gasteiger charge is 2.32. The van der Waals surface area contributed by atoms with E-state index in [4.69, 9.17) is 5.73 Å². The summed E-state index contributed by atoms with van der Waals surface area (Å²) >= 11 is 0. The van der Waals surface area contributed by atoms with E-state index >= 15 is 0 Å². The Balaban J connectivity index is 2.13. The minimum Gasteiger partial charge on any atom is -0.368 e. The number of hydrogen-bond donors (Lipinski definition) is 1. The van der Waals surface area contributed by atoms with Crippen LogP contribution in [-0.2, 0) is 11.3 Å². The van der Waals surface area contributed by atoms with E-state index in [9.17, 15) is 9.59 Å². The summed E-state index contributed by atoms with van der Waals surface area (Å²) in [4.78, 5) is 23.2. The molecule has 1 aliphatic rings. The van der Waals surface area contributed by atoms with Crippen molar-refractivity contribution in [2.45, 2.75) is 19.4 Å². The zero-order chi connectivity index (χ0) is 12.7. The largest absolute Gasteiger partial charge is 0.368 e. The van der Waals surface area contributed by atoms with E-state index in [1.807, 2.05) is 24.3 Å². The number of Topliss-reactive ketones (excluding diaryl/α,β-unsaturated/α-hetero) is 1. The molecule has 1 heterocycles. The molecule has 1 aromatic heterocycles. The number of rotatable bonds is 4. The van der Waals surface area contributed by atoms with Gasteiger partial charge in [0.15, 0.2) is 5.78 Å². The fraction of sp³-hybridized carbons (Fsp3) is 0.286. The van der Waals surface area contributed by atoms with Crippen LogP contribution < -0.4 is 5.73 Å². The number of nitrogens with zero attached hydrogens (tertiary/aromatic N) is 1. The summed E-state index contributed by atoms with van der Waals surface area (Å²) in [5.74, 6) is -0.0339. The van der Waals surface area contributed by atoms with Gasteiger partial charge in [0.1, 0.15) is 6.54 Å². The van der Waals surface area contributed by atoms with Crippen molar-refractivity contribution in [2.75, 3.05) is 0 Å². The standard InChI is InChI=1S/C14H14N2O2/c15-13(17)8-16-7-11(14(18)9-5-6-9)10-3-1-2-4-12(10)16/h1-4,7,9H,5-6,8H2,(H2,15,17). The molecule has 1 aliphatic carbocycles. The van der Waals surface area contributed by atoms with Crippen LogP contribution in [0.4, 0.5) is 0 Å². The Labute approximate surface area is 104 Å². The summed E-state index contributed by atoms with van der Waals surface area (Å²) in [6.07, 6.45) is 3.72. The molecule has 2 aromatic rings. The van der Waals surface area contributed by atoms with E-state index < -0.39 is 5.91 Å². The lowest BCUT2D eigenvalue weighted by molar-refractivity contribution is -0.118. The molecule has 18 heavy (non-hydrogen) atoms. The first-order valence-electron chi connectivity index (χ1n) is 6.07. The highest BCUT2D eigenvalue weighted by molar-refractivity contribution is 6.10. The molecule has 3 rings (SSSR count). The smallest absolute Gasteiger partial charge is 0.237 e. The van der Waals surface area contributed by atoms with Crippen LogP contribution in [0.2, 0.25) is 0 Å². The van der Waals surface area contributed by atoms with Gasteiger partial charge in [0.05, 0.1) is 0 Å². The topological polar surface area (TPSA) is 65.1 Å². The van der Waals surface area contributed by atoms with Crippen LogP contribution in [0.1, 0.15) is 23.2 Å². The van der Waals surface area contributed by atoms with Gasteiger partial charge in [0.25, 0.3) is 0 Å². The summed E-state index contributed by atoms with van der Waals surface area (Å²) in [7, 11) is 0. The molecule has 92 valence electrons. The fourth-order valence-corrected chi connectivity index (χ4v) is 2.31. The fourth-order valence-electron chi connectivity index (χ4n) is 2.31. The summed E-state index contributed by atoms with van der Waals surface area (Å²) < 4.78 is 1.76. The lowest BCUT2D eigenvalue weighted by Crippen LogP contribution is -2.18. The number of amides is 1. The molecule has 1 saturated carbocycles. The predicted molar refractivity (Wildman–Crippen MR) is 68.2 cm³/mol. The number of benzene rings is 1. The molecule has 0 saturated heterocycles. The maximum Gasteiger partial charge on any atom is 0.237 e. The van der Waals surface area contributed by atoms with Crippen molar-refractivity contribution < 1.29 is 9.59 Å². The van der Waals surface area contributed by atoms with Gasteiger partial charge in [-0.15, -0.1) is 0 Å². The van der Waals surface area contributed by atoms with Crippen molar-refractivity contribution in [1.29, 1.82) is 0 Å². The third-order valence-corrected chi connectivity index (χ3v) is 3.33. The molecule has 1 amide bonds. The molecule has 0 bridgehead atoms. The van der Waals surface area contributed by atoms with E-state index in [1.54, 1.807) is 10.8 Å². The zero-order valence-corrected chi connectivity index (χ0v) is 9.93. The lowest BCUT2D eigenvalue weighted by atomic mass is 10.1. The SMILES string of the molecule is NC(=O)Cn1cc(C(=O)C2CC2)c2ccccc21. The molecule has 0 unspecified atom stereocenters. The molecular formula is C14H14N2O2. The predicted octanol–water partition coefficient (Wildman–Crippen LogP) is 1.72. The molecule has 0 radical (unpaired) electrons. The first kappa shape index (κ1) is 11.0. The van der Waals surface area contributed by atoms with E-state index in [0.29, 0.717) is 5.56 Å². The number of nitrogens with two attached hydrogens (primary N) is 1. The third kappa shape index (κ3) is 1.79. The first-order valence-corrected chi connectivity index (χ1v) is 6.07. The number of para-hydroxylation sites is 1. The molecule has 0 aliphatic heterocycles. The van der Waals surface area contributed by atoms with Gasteiger partial charge in [-0.1, -0.05) is 18.2 Å². The molecule has 0 atom stereocenters. The Hall–Kier alpha value is -2.10. The van der Waals surface area contributed by atoms with Gasteiger partial charge in [-0.3, -0.25) is 9.59 Å². The average Bonchev–Trinajstić information content (AvgIpc) is 3.13. The number of carbonyl (C=O) groups is 2. The van der Waals surface area contributed by atoms with Crippen molar-refractivity contribution in [3.05, 3.63) is 36.0 Å². The number of fused-ring (bicyclic) bond motifs is 1. The van der Waals surface area contributed by atoms with Crippen LogP contribution >= 0.6 is 0 Å². The first-order chi connectivity index (χ1) is 8.66. The number of ketones is 1. The summed E-state index contributed by atoms with van der Waals surface area (Å²) in [6, 6.07) is 7.62. The molecule has 4 nitrogen and oxygen atoms in total. The van der Waals surface area contributed by atoms with Crippen LogP contribution in [-0.4, -0.2) is 16.3 Å². The summed E-state index contributed by atoms with van der Waals surface area (Å²) in [5.41, 5.74) is 6.83. The zero-order valence-electron chi connectivity index (χ0n) is 9.93. The molecule has 0 spiro atoms. The Kier molecular flexibility index (Phi) is 2.44. The van der Waals surface area contributed by atoms with Gasteiger partial charge in [-0.25, -0.2) is 0 Å². The van der Waals surface area contributed by atoms with Crippen molar-refractivity contribution in [1.82, 2.24) is 4.57 Å². The summed E-state index contributed by atoms with van der Waals surface area (Å²) in [5, 5.41) is 0.913. The molecule has 1 aromatic carbocycles. The maximum absolute atomic E-state index is 12.2. The second-order valence-corrected chi connectivity index (χ2v) is 4.79. The maximum atomic E-state index is 12.2. The van der Waals surface area contributed by atoms with Crippen LogP contribution in [0.5, 0.6) is 0 Å². The van der Waals surface area contributed by atoms with Crippen molar-refractivity contribution in [3.8, 4) is 0 Å². The second-order valence-electron chi connectivity index (χ2n) is 4.79. The van der Waals surface area contributed by atoms with Crippen LogP contribution in [0, 0.1) is 5.92 Å². The van der Waals surface area contributed by atoms with E-state index in [-0.39, 0.29) is 18.2 Å². The Morgan fingerprint density at radius 3 is 2.67 bits per heavy atom. The number of primary amides is 1. The number of aromatic nitrogens is 1. The lowest BCUT2D eigenvalue weighted by Gasteiger charge is -2.00. The highest BCUT2D eigenvalue weighted by atomic mass is 16.1.